The Morgan fingerprint density at radius 2 is 2.23 bits per heavy atom. The van der Waals surface area contributed by atoms with Gasteiger partial charge in [-0.1, -0.05) is 11.6 Å². The van der Waals surface area contributed by atoms with Crippen LogP contribution in [-0.2, 0) is 14.3 Å². The third-order valence-corrected chi connectivity index (χ3v) is 3.52. The Hall–Kier alpha value is -2.50. The molecular formula is C16H18N2O4. The molecule has 0 spiro atoms. The van der Waals surface area contributed by atoms with Gasteiger partial charge in [0.25, 0.3) is 5.91 Å². The number of nitrogens with zero attached hydrogens (tertiary/aromatic N) is 1. The van der Waals surface area contributed by atoms with Crippen molar-refractivity contribution in [1.82, 2.24) is 10.3 Å². The van der Waals surface area contributed by atoms with Crippen LogP contribution in [0.15, 0.2) is 36.2 Å². The molecule has 6 heteroatoms. The summed E-state index contributed by atoms with van der Waals surface area (Å²) >= 11 is 0. The van der Waals surface area contributed by atoms with Gasteiger partial charge in [0.05, 0.1) is 12.7 Å². The van der Waals surface area contributed by atoms with E-state index in [1.807, 2.05) is 6.08 Å². The Balaban J connectivity index is 2.05. The van der Waals surface area contributed by atoms with Gasteiger partial charge >= 0.3 is 5.97 Å². The number of amides is 1. The topological polar surface area (TPSA) is 85.4 Å². The number of Topliss-reactive ketones (excluding diaryl/α,β-unsaturated/α-hetero) is 1. The third-order valence-electron chi connectivity index (χ3n) is 3.52. The molecule has 1 aromatic heterocycles. The Labute approximate surface area is 128 Å². The number of hydrogen-bond acceptors (Lipinski definition) is 5. The van der Waals surface area contributed by atoms with Crippen molar-refractivity contribution in [2.24, 2.45) is 0 Å². The number of methoxy groups -OCH3 is 1. The molecule has 0 radical (unpaired) electrons. The van der Waals surface area contributed by atoms with Gasteiger partial charge in [0.15, 0.2) is 0 Å². The van der Waals surface area contributed by atoms with Gasteiger partial charge < -0.3 is 10.1 Å². The van der Waals surface area contributed by atoms with Crippen LogP contribution in [0.25, 0.3) is 0 Å². The fourth-order valence-electron chi connectivity index (χ4n) is 2.28. The maximum Gasteiger partial charge on any atom is 0.328 e. The highest BCUT2D eigenvalue weighted by molar-refractivity contribution is 5.96. The van der Waals surface area contributed by atoms with Crippen molar-refractivity contribution < 1.29 is 19.1 Å². The van der Waals surface area contributed by atoms with E-state index in [0.29, 0.717) is 31.2 Å². The fraction of sp³-hybridized carbons (Fsp3) is 0.375. The number of carbonyl (C=O) groups is 3. The van der Waals surface area contributed by atoms with E-state index >= 15 is 0 Å². The summed E-state index contributed by atoms with van der Waals surface area (Å²) in [7, 11) is 1.28. The highest BCUT2D eigenvalue weighted by atomic mass is 16.5. The van der Waals surface area contributed by atoms with E-state index in [1.165, 1.54) is 13.3 Å². The quantitative estimate of drug-likeness (QED) is 0.657. The van der Waals surface area contributed by atoms with Gasteiger partial charge in [0, 0.05) is 25.2 Å². The zero-order valence-electron chi connectivity index (χ0n) is 12.4. The van der Waals surface area contributed by atoms with Crippen LogP contribution >= 0.6 is 0 Å². The van der Waals surface area contributed by atoms with Crippen LogP contribution in [0.1, 0.15) is 36.0 Å². The molecule has 1 unspecified atom stereocenters. The van der Waals surface area contributed by atoms with E-state index < -0.39 is 12.0 Å². The fourth-order valence-corrected chi connectivity index (χ4v) is 2.28. The van der Waals surface area contributed by atoms with Gasteiger partial charge in [-0.05, 0) is 25.0 Å². The minimum atomic E-state index is -0.767. The van der Waals surface area contributed by atoms with E-state index in [1.54, 1.807) is 18.3 Å². The molecule has 22 heavy (non-hydrogen) atoms. The lowest BCUT2D eigenvalue weighted by Gasteiger charge is -2.20. The molecule has 1 atom stereocenters. The lowest BCUT2D eigenvalue weighted by atomic mass is 9.93. The van der Waals surface area contributed by atoms with Crippen molar-refractivity contribution in [3.8, 4) is 0 Å². The van der Waals surface area contributed by atoms with Crippen molar-refractivity contribution in [3.63, 3.8) is 0 Å². The third kappa shape index (κ3) is 4.25. The Kier molecular flexibility index (Phi) is 5.41. The van der Waals surface area contributed by atoms with Crippen molar-refractivity contribution in [2.45, 2.75) is 31.7 Å². The molecule has 0 saturated carbocycles. The largest absolute Gasteiger partial charge is 0.467 e. The van der Waals surface area contributed by atoms with Gasteiger partial charge in [-0.2, -0.15) is 0 Å². The summed E-state index contributed by atoms with van der Waals surface area (Å²) in [4.78, 5) is 39.1. The van der Waals surface area contributed by atoms with Gasteiger partial charge in [0.2, 0.25) is 0 Å². The molecule has 0 saturated heterocycles. The maximum atomic E-state index is 12.1. The van der Waals surface area contributed by atoms with Crippen molar-refractivity contribution in [1.29, 1.82) is 0 Å². The highest BCUT2D eigenvalue weighted by Gasteiger charge is 2.24. The molecule has 1 N–H and O–H groups in total. The van der Waals surface area contributed by atoms with Crippen LogP contribution in [0.5, 0.6) is 0 Å². The zero-order chi connectivity index (χ0) is 15.9. The smallest absolute Gasteiger partial charge is 0.328 e. The number of esters is 1. The normalized spacial score (nSPS) is 15.7. The lowest BCUT2D eigenvalue weighted by molar-refractivity contribution is -0.142. The molecule has 0 aromatic carbocycles. The van der Waals surface area contributed by atoms with E-state index in [4.69, 9.17) is 4.74 Å². The number of aromatic nitrogens is 1. The van der Waals surface area contributed by atoms with E-state index in [2.05, 4.69) is 10.3 Å². The molecule has 1 heterocycles. The summed E-state index contributed by atoms with van der Waals surface area (Å²) in [6.45, 7) is 0. The molecule has 0 bridgehead atoms. The van der Waals surface area contributed by atoms with Gasteiger partial charge in [0.1, 0.15) is 11.8 Å². The number of ketones is 1. The molecule has 116 valence electrons. The predicted molar refractivity (Wildman–Crippen MR) is 79.1 cm³/mol. The van der Waals surface area contributed by atoms with Crippen LogP contribution in [0.2, 0.25) is 0 Å². The number of allylic oxidation sites excluding steroid dienone is 1. The molecule has 6 nitrogen and oxygen atoms in total. The van der Waals surface area contributed by atoms with Crippen molar-refractivity contribution in [2.75, 3.05) is 7.11 Å². The minimum Gasteiger partial charge on any atom is -0.467 e. The number of pyridine rings is 1. The molecule has 1 aliphatic rings. The van der Waals surface area contributed by atoms with E-state index in [0.717, 1.165) is 5.57 Å². The summed E-state index contributed by atoms with van der Waals surface area (Å²) in [5.74, 6) is -0.691. The Morgan fingerprint density at radius 1 is 1.41 bits per heavy atom. The second-order valence-electron chi connectivity index (χ2n) is 5.10. The first-order valence-electron chi connectivity index (χ1n) is 7.08. The standard InChI is InChI=1S/C16H18N2O4/c1-22-16(21)14(9-11-4-6-13(19)7-5-11)18-15(20)12-3-2-8-17-10-12/h2-4,8,10,14H,5-7,9H2,1H3,(H,18,20). The molecule has 2 rings (SSSR count). The van der Waals surface area contributed by atoms with E-state index in [9.17, 15) is 14.4 Å². The van der Waals surface area contributed by atoms with Crippen LogP contribution < -0.4 is 5.32 Å². The predicted octanol–water partition coefficient (Wildman–Crippen LogP) is 1.42. The average Bonchev–Trinajstić information content (AvgIpc) is 2.56. The summed E-state index contributed by atoms with van der Waals surface area (Å²) in [6, 6.07) is 2.50. The number of nitrogens with one attached hydrogen (secondary N) is 1. The van der Waals surface area contributed by atoms with Gasteiger partial charge in [-0.3, -0.25) is 14.6 Å². The first kappa shape index (κ1) is 15.9. The second-order valence-corrected chi connectivity index (χ2v) is 5.10. The number of rotatable bonds is 5. The average molecular weight is 302 g/mol. The monoisotopic (exact) mass is 302 g/mol. The van der Waals surface area contributed by atoms with E-state index in [-0.39, 0.29) is 11.7 Å². The molecule has 1 aliphatic carbocycles. The van der Waals surface area contributed by atoms with Gasteiger partial charge in [-0.15, -0.1) is 0 Å². The molecule has 1 amide bonds. The van der Waals surface area contributed by atoms with Crippen LogP contribution in [0.3, 0.4) is 0 Å². The van der Waals surface area contributed by atoms with Crippen molar-refractivity contribution in [3.05, 3.63) is 41.7 Å². The SMILES string of the molecule is COC(=O)C(CC1=CCC(=O)CC1)NC(=O)c1cccnc1. The number of hydrogen-bond donors (Lipinski definition) is 1. The Morgan fingerprint density at radius 3 is 2.82 bits per heavy atom. The summed E-state index contributed by atoms with van der Waals surface area (Å²) < 4.78 is 4.75. The first-order valence-corrected chi connectivity index (χ1v) is 7.08. The number of ether oxygens (including phenoxy) is 1. The van der Waals surface area contributed by atoms with Gasteiger partial charge in [-0.25, -0.2) is 4.79 Å². The summed E-state index contributed by atoms with van der Waals surface area (Å²) in [5.41, 5.74) is 1.37. The molecule has 0 fully saturated rings. The maximum absolute atomic E-state index is 12.1. The molecule has 0 aliphatic heterocycles. The van der Waals surface area contributed by atoms with Crippen LogP contribution in [0.4, 0.5) is 0 Å². The first-order chi connectivity index (χ1) is 10.6. The minimum absolute atomic E-state index is 0.192. The molecule has 1 aromatic rings. The number of carbonyl (C=O) groups excluding carboxylic acids is 3. The summed E-state index contributed by atoms with van der Waals surface area (Å²) in [6.07, 6.45) is 6.68. The zero-order valence-corrected chi connectivity index (χ0v) is 12.4. The van der Waals surface area contributed by atoms with Crippen LogP contribution in [-0.4, -0.2) is 35.8 Å². The highest BCUT2D eigenvalue weighted by Crippen LogP contribution is 2.20. The molecular weight excluding hydrogens is 284 g/mol. The summed E-state index contributed by atoms with van der Waals surface area (Å²) in [5, 5.41) is 2.66. The lowest BCUT2D eigenvalue weighted by Crippen LogP contribution is -2.42. The Bertz CT molecular complexity index is 595. The van der Waals surface area contributed by atoms with Crippen molar-refractivity contribution >= 4 is 17.7 Å². The van der Waals surface area contributed by atoms with Crippen LogP contribution in [0, 0.1) is 0 Å². The second kappa shape index (κ2) is 7.49.